The number of nitrogens with one attached hydrogen (secondary N) is 4. The van der Waals surface area contributed by atoms with Gasteiger partial charge in [-0.2, -0.15) is 0 Å². The van der Waals surface area contributed by atoms with E-state index in [1.165, 1.54) is 0 Å². The number of carboxylic acid groups (broad SMARTS) is 1. The number of aliphatic carboxylic acids is 1. The number of amides is 5. The van der Waals surface area contributed by atoms with Crippen LogP contribution in [0.4, 0.5) is 9.59 Å². The largest absolute Gasteiger partial charge is 0.480 e. The highest BCUT2D eigenvalue weighted by Crippen LogP contribution is 2.09. The molecule has 0 aliphatic carbocycles. The molecule has 0 heterocycles. The van der Waals surface area contributed by atoms with E-state index in [-0.39, 0.29) is 45.7 Å². The van der Waals surface area contributed by atoms with E-state index < -0.39 is 60.5 Å². The lowest BCUT2D eigenvalue weighted by Crippen LogP contribution is -2.54. The smallest absolute Gasteiger partial charge is 0.408 e. The Morgan fingerprint density at radius 2 is 1.20 bits per heavy atom. The normalized spacial score (nSPS) is 12.3. The van der Waals surface area contributed by atoms with Crippen LogP contribution in [0.5, 0.6) is 0 Å². The Bertz CT molecular complexity index is 1450. The van der Waals surface area contributed by atoms with Gasteiger partial charge in [0.2, 0.25) is 17.7 Å². The Balaban J connectivity index is 2.15. The monoisotopic (exact) mass is 770 g/mol. The van der Waals surface area contributed by atoms with Gasteiger partial charge in [0.05, 0.1) is 12.6 Å². The number of hydrogen-bond acceptors (Lipinski definition) is 11. The maximum absolute atomic E-state index is 14.1. The molecule has 2 aromatic carbocycles. The summed E-state index contributed by atoms with van der Waals surface area (Å²) in [4.78, 5) is 78.1. The summed E-state index contributed by atoms with van der Waals surface area (Å²) >= 11 is 0. The summed E-state index contributed by atoms with van der Waals surface area (Å²) in [5, 5.41) is 20.1. The topological polar surface area (TPSA) is 271 Å². The van der Waals surface area contributed by atoms with Crippen LogP contribution < -0.4 is 38.5 Å². The van der Waals surface area contributed by atoms with E-state index >= 15 is 0 Å². The molecular formula is C38H58N8O9. The van der Waals surface area contributed by atoms with Crippen LogP contribution in [0.25, 0.3) is 0 Å². The van der Waals surface area contributed by atoms with Gasteiger partial charge < -0.3 is 57.9 Å². The summed E-state index contributed by atoms with van der Waals surface area (Å²) in [6.45, 7) is 0.279. The number of ether oxygens (including phenoxy) is 2. The highest BCUT2D eigenvalue weighted by molar-refractivity contribution is 5.91. The van der Waals surface area contributed by atoms with Crippen molar-refractivity contribution in [1.82, 2.24) is 26.2 Å². The first-order chi connectivity index (χ1) is 26.5. The average molecular weight is 771 g/mol. The van der Waals surface area contributed by atoms with Gasteiger partial charge in [-0.05, 0) is 75.6 Å². The van der Waals surface area contributed by atoms with Crippen molar-refractivity contribution in [2.45, 2.75) is 89.1 Å². The Labute approximate surface area is 322 Å². The summed E-state index contributed by atoms with van der Waals surface area (Å²) in [5.74, 6) is -3.11. The van der Waals surface area contributed by atoms with Gasteiger partial charge in [-0.15, -0.1) is 0 Å². The molecule has 0 fully saturated rings. The summed E-state index contributed by atoms with van der Waals surface area (Å²) < 4.78 is 10.6. The standard InChI is InChI=1S/C38H58N8O9/c39-20-10-7-17-30(41)34(48)42-23-24-46(25-33(47)44-32(36(50)51)19-8-11-21-40)35(49)31(45-38(53)55-27-29-15-5-2-6-16-29)18-9-12-22-43-37(52)54-26-28-13-3-1-4-14-28/h1-6,13-16,30-32H,7-12,17-27,39-41H2,(H,42,48)(H,43,52)(H,44,47)(H,45,53)(H,50,51)/t30-,31-,32-/m0/s1. The lowest BCUT2D eigenvalue weighted by Gasteiger charge is -2.28. The quantitative estimate of drug-likeness (QED) is 0.0601. The molecule has 0 saturated carbocycles. The molecule has 304 valence electrons. The van der Waals surface area contributed by atoms with Crippen LogP contribution in [-0.2, 0) is 41.9 Å². The molecule has 17 nitrogen and oxygen atoms in total. The number of unbranched alkanes of at least 4 members (excludes halogenated alkanes) is 3. The first-order valence-corrected chi connectivity index (χ1v) is 18.7. The number of nitrogens with two attached hydrogens (primary N) is 3. The van der Waals surface area contributed by atoms with Crippen LogP contribution in [0.1, 0.15) is 68.9 Å². The number of hydrogen-bond donors (Lipinski definition) is 8. The average Bonchev–Trinajstić information content (AvgIpc) is 3.18. The van der Waals surface area contributed by atoms with E-state index in [0.29, 0.717) is 58.0 Å². The molecule has 2 aromatic rings. The second-order valence-corrected chi connectivity index (χ2v) is 12.9. The zero-order chi connectivity index (χ0) is 40.3. The summed E-state index contributed by atoms with van der Waals surface area (Å²) in [6, 6.07) is 14.9. The zero-order valence-electron chi connectivity index (χ0n) is 31.4. The second kappa shape index (κ2) is 27.3. The van der Waals surface area contributed by atoms with Crippen molar-refractivity contribution in [2.24, 2.45) is 17.2 Å². The molecule has 0 bridgehead atoms. The van der Waals surface area contributed by atoms with Gasteiger partial charge in [0.25, 0.3) is 0 Å². The van der Waals surface area contributed by atoms with Gasteiger partial charge in [0.15, 0.2) is 0 Å². The van der Waals surface area contributed by atoms with Gasteiger partial charge in [-0.25, -0.2) is 14.4 Å². The minimum absolute atomic E-state index is 0.0625. The molecule has 3 atom stereocenters. The SMILES string of the molecule is NCCCC[C@H](NC(=O)CN(CCNC(=O)[C@@H](N)CCCCN)C(=O)[C@H](CCCCNC(=O)OCc1ccccc1)NC(=O)OCc1ccccc1)C(=O)O. The molecule has 0 spiro atoms. The molecule has 55 heavy (non-hydrogen) atoms. The van der Waals surface area contributed by atoms with E-state index in [2.05, 4.69) is 21.3 Å². The molecule has 0 unspecified atom stereocenters. The third kappa shape index (κ3) is 20.1. The lowest BCUT2D eigenvalue weighted by molar-refractivity contribution is -0.143. The number of rotatable bonds is 27. The van der Waals surface area contributed by atoms with Crippen molar-refractivity contribution >= 4 is 35.9 Å². The minimum Gasteiger partial charge on any atom is -0.480 e. The molecular weight excluding hydrogens is 712 g/mol. The molecule has 17 heteroatoms. The molecule has 0 saturated heterocycles. The number of carboxylic acids is 1. The van der Waals surface area contributed by atoms with E-state index in [9.17, 15) is 33.9 Å². The van der Waals surface area contributed by atoms with Crippen molar-refractivity contribution in [1.29, 1.82) is 0 Å². The fourth-order valence-electron chi connectivity index (χ4n) is 5.34. The minimum atomic E-state index is -1.24. The van der Waals surface area contributed by atoms with Gasteiger partial charge in [-0.3, -0.25) is 14.4 Å². The summed E-state index contributed by atoms with van der Waals surface area (Å²) in [6.07, 6.45) is 2.30. The Kier molecular flexibility index (Phi) is 22.8. The maximum Gasteiger partial charge on any atom is 0.408 e. The number of benzene rings is 2. The Hall–Kier alpha value is -5.26. The third-order valence-corrected chi connectivity index (χ3v) is 8.42. The van der Waals surface area contributed by atoms with Crippen LogP contribution in [0.3, 0.4) is 0 Å². The van der Waals surface area contributed by atoms with Gasteiger partial charge in [-0.1, -0.05) is 67.1 Å². The highest BCUT2D eigenvalue weighted by atomic mass is 16.6. The molecule has 2 rings (SSSR count). The van der Waals surface area contributed by atoms with Gasteiger partial charge >= 0.3 is 18.2 Å². The van der Waals surface area contributed by atoms with Crippen LogP contribution >= 0.6 is 0 Å². The Morgan fingerprint density at radius 3 is 1.78 bits per heavy atom. The fraction of sp³-hybridized carbons (Fsp3) is 0.526. The van der Waals surface area contributed by atoms with Crippen molar-refractivity contribution < 1.29 is 43.3 Å². The third-order valence-electron chi connectivity index (χ3n) is 8.42. The summed E-state index contributed by atoms with van der Waals surface area (Å²) in [7, 11) is 0. The van der Waals surface area contributed by atoms with Crippen molar-refractivity contribution in [2.75, 3.05) is 39.3 Å². The molecule has 0 radical (unpaired) electrons. The first-order valence-electron chi connectivity index (χ1n) is 18.7. The van der Waals surface area contributed by atoms with E-state index in [4.69, 9.17) is 26.7 Å². The van der Waals surface area contributed by atoms with Crippen LogP contribution in [-0.4, -0.2) is 103 Å². The second-order valence-electron chi connectivity index (χ2n) is 12.9. The maximum atomic E-state index is 14.1. The number of carbonyl (C=O) groups is 6. The van der Waals surface area contributed by atoms with Crippen molar-refractivity contribution in [3.8, 4) is 0 Å². The predicted molar refractivity (Wildman–Crippen MR) is 205 cm³/mol. The van der Waals surface area contributed by atoms with E-state index in [1.807, 2.05) is 36.4 Å². The molecule has 5 amide bonds. The molecule has 11 N–H and O–H groups in total. The van der Waals surface area contributed by atoms with Crippen LogP contribution in [0, 0.1) is 0 Å². The first kappa shape index (κ1) is 45.9. The predicted octanol–water partition coefficient (Wildman–Crippen LogP) is 1.48. The highest BCUT2D eigenvalue weighted by Gasteiger charge is 2.29. The van der Waals surface area contributed by atoms with E-state index in [1.54, 1.807) is 24.3 Å². The van der Waals surface area contributed by atoms with Crippen LogP contribution in [0.2, 0.25) is 0 Å². The van der Waals surface area contributed by atoms with Crippen molar-refractivity contribution in [3.05, 3.63) is 71.8 Å². The van der Waals surface area contributed by atoms with Gasteiger partial charge in [0.1, 0.15) is 25.3 Å². The summed E-state index contributed by atoms with van der Waals surface area (Å²) in [5.41, 5.74) is 18.6. The number of carbonyl (C=O) groups excluding carboxylic acids is 5. The Morgan fingerprint density at radius 1 is 0.655 bits per heavy atom. The fourth-order valence-corrected chi connectivity index (χ4v) is 5.34. The zero-order valence-corrected chi connectivity index (χ0v) is 31.4. The van der Waals surface area contributed by atoms with Crippen LogP contribution in [0.15, 0.2) is 60.7 Å². The van der Waals surface area contributed by atoms with Crippen molar-refractivity contribution in [3.63, 3.8) is 0 Å². The molecule has 0 aliphatic heterocycles. The lowest BCUT2D eigenvalue weighted by atomic mass is 10.1. The van der Waals surface area contributed by atoms with E-state index in [0.717, 1.165) is 16.0 Å². The molecule has 0 aliphatic rings. The molecule has 0 aromatic heterocycles. The number of alkyl carbamates (subject to hydrolysis) is 2. The number of nitrogens with zero attached hydrogens (tertiary/aromatic N) is 1. The van der Waals surface area contributed by atoms with Gasteiger partial charge in [0, 0.05) is 19.6 Å².